The second-order valence-corrected chi connectivity index (χ2v) is 9.62. The molecular weight excluding hydrogens is 403 g/mol. The summed E-state index contributed by atoms with van der Waals surface area (Å²) < 4.78 is 15.7. The molecule has 7 heteroatoms. The fourth-order valence-electron chi connectivity index (χ4n) is 6.06. The van der Waals surface area contributed by atoms with Gasteiger partial charge in [0.25, 0.3) is 0 Å². The van der Waals surface area contributed by atoms with E-state index in [2.05, 4.69) is 28.1 Å². The van der Waals surface area contributed by atoms with Crippen LogP contribution in [-0.2, 0) is 13.5 Å². The van der Waals surface area contributed by atoms with Crippen LogP contribution >= 0.6 is 0 Å². The van der Waals surface area contributed by atoms with Crippen molar-refractivity contribution in [1.29, 1.82) is 0 Å². The first-order valence-corrected chi connectivity index (χ1v) is 11.5. The summed E-state index contributed by atoms with van der Waals surface area (Å²) in [6.45, 7) is 2.43. The molecule has 3 saturated carbocycles. The SMILES string of the molecule is CC1C2CCC(CC2)C1Cc1cc(-c2cnn(C)c2)nc(-c2c[nH]c3ncc(F)cc23)n1. The third-order valence-electron chi connectivity index (χ3n) is 7.80. The van der Waals surface area contributed by atoms with Gasteiger partial charge in [0.2, 0.25) is 0 Å². The highest BCUT2D eigenvalue weighted by Gasteiger charge is 2.41. The Morgan fingerprint density at radius 1 is 1.09 bits per heavy atom. The fourth-order valence-corrected chi connectivity index (χ4v) is 6.06. The Bertz CT molecular complexity index is 1280. The lowest BCUT2D eigenvalue weighted by Crippen LogP contribution is -2.39. The van der Waals surface area contributed by atoms with Gasteiger partial charge in [0, 0.05) is 41.6 Å². The van der Waals surface area contributed by atoms with E-state index in [-0.39, 0.29) is 5.82 Å². The highest BCUT2D eigenvalue weighted by Crippen LogP contribution is 2.49. The van der Waals surface area contributed by atoms with Gasteiger partial charge in [-0.2, -0.15) is 5.10 Å². The van der Waals surface area contributed by atoms with Crippen LogP contribution < -0.4 is 0 Å². The topological polar surface area (TPSA) is 72.3 Å². The molecule has 3 fully saturated rings. The Morgan fingerprint density at radius 3 is 2.66 bits per heavy atom. The summed E-state index contributed by atoms with van der Waals surface area (Å²) in [6.07, 6.45) is 13.3. The van der Waals surface area contributed by atoms with Crippen LogP contribution in [0.15, 0.2) is 36.9 Å². The maximum absolute atomic E-state index is 13.9. The van der Waals surface area contributed by atoms with E-state index in [4.69, 9.17) is 9.97 Å². The minimum Gasteiger partial charge on any atom is -0.345 e. The predicted octanol–water partition coefficient (Wildman–Crippen LogP) is 5.17. The standard InChI is InChI=1S/C25H27FN6/c1-14-15-3-5-16(6-4-15)20(14)8-19-9-23(17-10-29-32(2)13-17)31-25(30-19)22-12-28-24-21(22)7-18(26)11-27-24/h7,9-16,20H,3-6,8H2,1-2H3,(H,27,28). The van der Waals surface area contributed by atoms with Gasteiger partial charge in [0.1, 0.15) is 11.5 Å². The van der Waals surface area contributed by atoms with Crippen molar-refractivity contribution in [2.24, 2.45) is 30.7 Å². The Labute approximate surface area is 186 Å². The summed E-state index contributed by atoms with van der Waals surface area (Å²) >= 11 is 0. The number of aromatic nitrogens is 6. The van der Waals surface area contributed by atoms with Gasteiger partial charge in [0.05, 0.1) is 18.1 Å². The third-order valence-corrected chi connectivity index (χ3v) is 7.80. The molecule has 6 nitrogen and oxygen atoms in total. The van der Waals surface area contributed by atoms with Gasteiger partial charge in [0.15, 0.2) is 5.82 Å². The van der Waals surface area contributed by atoms with E-state index >= 15 is 0 Å². The highest BCUT2D eigenvalue weighted by atomic mass is 19.1. The van der Waals surface area contributed by atoms with Gasteiger partial charge >= 0.3 is 0 Å². The molecule has 164 valence electrons. The van der Waals surface area contributed by atoms with E-state index in [1.165, 1.54) is 37.9 Å². The third kappa shape index (κ3) is 3.31. The molecule has 1 N–H and O–H groups in total. The van der Waals surface area contributed by atoms with Crippen LogP contribution in [0.1, 0.15) is 38.3 Å². The Balaban J connectivity index is 1.45. The molecule has 7 rings (SSSR count). The number of fused-ring (bicyclic) bond motifs is 4. The smallest absolute Gasteiger partial charge is 0.162 e. The number of rotatable bonds is 4. The lowest BCUT2D eigenvalue weighted by molar-refractivity contribution is 0.0339. The van der Waals surface area contributed by atoms with Gasteiger partial charge in [-0.15, -0.1) is 0 Å². The Morgan fingerprint density at radius 2 is 1.91 bits per heavy atom. The molecule has 0 radical (unpaired) electrons. The molecule has 32 heavy (non-hydrogen) atoms. The summed E-state index contributed by atoms with van der Waals surface area (Å²) in [5, 5.41) is 5.02. The molecule has 0 aliphatic heterocycles. The van der Waals surface area contributed by atoms with Crippen molar-refractivity contribution in [2.75, 3.05) is 0 Å². The molecule has 4 aromatic rings. The highest BCUT2D eigenvalue weighted by molar-refractivity contribution is 5.91. The average Bonchev–Trinajstić information content (AvgIpc) is 3.42. The fraction of sp³-hybridized carbons (Fsp3) is 0.440. The number of nitrogens with one attached hydrogen (secondary N) is 1. The number of nitrogens with zero attached hydrogens (tertiary/aromatic N) is 5. The first-order chi connectivity index (χ1) is 15.5. The molecule has 0 aromatic carbocycles. The maximum atomic E-state index is 13.9. The van der Waals surface area contributed by atoms with Crippen molar-refractivity contribution in [3.8, 4) is 22.6 Å². The maximum Gasteiger partial charge on any atom is 0.162 e. The first-order valence-electron chi connectivity index (χ1n) is 11.5. The molecule has 2 atom stereocenters. The van der Waals surface area contributed by atoms with Crippen LogP contribution in [0.2, 0.25) is 0 Å². The molecule has 0 amide bonds. The van der Waals surface area contributed by atoms with Gasteiger partial charge in [-0.05, 0) is 67.9 Å². The van der Waals surface area contributed by atoms with Gasteiger partial charge in [-0.25, -0.2) is 19.3 Å². The van der Waals surface area contributed by atoms with Crippen LogP contribution in [0.5, 0.6) is 0 Å². The van der Waals surface area contributed by atoms with Crippen LogP contribution in [0.3, 0.4) is 0 Å². The van der Waals surface area contributed by atoms with Crippen molar-refractivity contribution >= 4 is 11.0 Å². The summed E-state index contributed by atoms with van der Waals surface area (Å²) in [5.74, 6) is 3.28. The number of aromatic amines is 1. The van der Waals surface area contributed by atoms with Crippen LogP contribution in [0, 0.1) is 29.5 Å². The van der Waals surface area contributed by atoms with E-state index in [9.17, 15) is 4.39 Å². The van der Waals surface area contributed by atoms with Crippen molar-refractivity contribution in [1.82, 2.24) is 29.7 Å². The largest absolute Gasteiger partial charge is 0.345 e. The van der Waals surface area contributed by atoms with E-state index in [0.29, 0.717) is 22.8 Å². The summed E-state index contributed by atoms with van der Waals surface area (Å²) in [7, 11) is 1.90. The second kappa shape index (κ2) is 7.50. The summed E-state index contributed by atoms with van der Waals surface area (Å²) in [6, 6.07) is 3.61. The summed E-state index contributed by atoms with van der Waals surface area (Å²) in [5.41, 5.74) is 4.27. The van der Waals surface area contributed by atoms with Crippen LogP contribution in [0.25, 0.3) is 33.7 Å². The van der Waals surface area contributed by atoms with Gasteiger partial charge in [-0.1, -0.05) is 6.92 Å². The molecule has 2 bridgehead atoms. The molecular formula is C25H27FN6. The minimum atomic E-state index is -0.367. The number of hydrogen-bond donors (Lipinski definition) is 1. The van der Waals surface area contributed by atoms with Crippen molar-refractivity contribution in [2.45, 2.75) is 39.0 Å². The van der Waals surface area contributed by atoms with Crippen LogP contribution in [-0.4, -0.2) is 29.7 Å². The Hall–Kier alpha value is -3.09. The van der Waals surface area contributed by atoms with E-state index in [0.717, 1.165) is 46.7 Å². The molecule has 3 aliphatic carbocycles. The van der Waals surface area contributed by atoms with Crippen molar-refractivity contribution in [3.05, 3.63) is 48.4 Å². The molecule has 0 spiro atoms. The second-order valence-electron chi connectivity index (χ2n) is 9.62. The van der Waals surface area contributed by atoms with Gasteiger partial charge < -0.3 is 4.98 Å². The predicted molar refractivity (Wildman–Crippen MR) is 121 cm³/mol. The minimum absolute atomic E-state index is 0.367. The number of pyridine rings is 1. The number of aryl methyl sites for hydroxylation is 1. The lowest BCUT2D eigenvalue weighted by Gasteiger charge is -2.47. The van der Waals surface area contributed by atoms with E-state index in [1.54, 1.807) is 4.68 Å². The normalized spacial score (nSPS) is 25.0. The summed E-state index contributed by atoms with van der Waals surface area (Å²) in [4.78, 5) is 17.2. The molecule has 0 saturated heterocycles. The zero-order chi connectivity index (χ0) is 21.8. The van der Waals surface area contributed by atoms with Crippen LogP contribution in [0.4, 0.5) is 4.39 Å². The van der Waals surface area contributed by atoms with Gasteiger partial charge in [-0.3, -0.25) is 4.68 Å². The molecule has 2 unspecified atom stereocenters. The molecule has 4 heterocycles. The average molecular weight is 431 g/mol. The monoisotopic (exact) mass is 430 g/mol. The van der Waals surface area contributed by atoms with E-state index in [1.807, 2.05) is 25.6 Å². The van der Waals surface area contributed by atoms with Crippen molar-refractivity contribution in [3.63, 3.8) is 0 Å². The number of H-pyrrole nitrogens is 1. The lowest BCUT2D eigenvalue weighted by atomic mass is 9.58. The molecule has 3 aliphatic rings. The number of halogens is 1. The quantitative estimate of drug-likeness (QED) is 0.485. The molecule has 4 aromatic heterocycles. The van der Waals surface area contributed by atoms with E-state index < -0.39 is 0 Å². The zero-order valence-corrected chi connectivity index (χ0v) is 18.4. The number of hydrogen-bond acceptors (Lipinski definition) is 4. The van der Waals surface area contributed by atoms with Crippen molar-refractivity contribution < 1.29 is 4.39 Å². The zero-order valence-electron chi connectivity index (χ0n) is 18.4. The first kappa shape index (κ1) is 19.6. The Kier molecular flexibility index (Phi) is 4.59.